The number of carbonyl (C=O) groups is 2. The second kappa shape index (κ2) is 6.83. The molecule has 1 saturated carbocycles. The molecule has 1 aliphatic carbocycles. The molecular weight excluding hydrogens is 355 g/mol. The molecule has 3 rings (SSSR count). The maximum Gasteiger partial charge on any atom is 0.360 e. The van der Waals surface area contributed by atoms with Gasteiger partial charge in [0, 0.05) is 11.6 Å². The van der Waals surface area contributed by atoms with E-state index in [1.54, 1.807) is 17.0 Å². The van der Waals surface area contributed by atoms with Crippen molar-refractivity contribution in [2.75, 3.05) is 7.11 Å². The van der Waals surface area contributed by atoms with Crippen molar-refractivity contribution in [3.63, 3.8) is 0 Å². The Morgan fingerprint density at radius 1 is 1.33 bits per heavy atom. The van der Waals surface area contributed by atoms with Gasteiger partial charge in [0.2, 0.25) is 5.89 Å². The van der Waals surface area contributed by atoms with Crippen LogP contribution in [0.25, 0.3) is 0 Å². The highest BCUT2D eigenvalue weighted by molar-refractivity contribution is 6.42. The van der Waals surface area contributed by atoms with E-state index < -0.39 is 5.97 Å². The van der Waals surface area contributed by atoms with Gasteiger partial charge in [-0.15, -0.1) is 0 Å². The number of oxazole rings is 1. The molecule has 1 aliphatic rings. The number of nitrogens with zero attached hydrogens (tertiary/aromatic N) is 2. The fourth-order valence-electron chi connectivity index (χ4n) is 2.28. The van der Waals surface area contributed by atoms with Gasteiger partial charge in [-0.05, 0) is 31.0 Å². The molecular formula is C16H14Cl2N2O4. The summed E-state index contributed by atoms with van der Waals surface area (Å²) in [7, 11) is 1.26. The first-order valence-electron chi connectivity index (χ1n) is 7.28. The normalized spacial score (nSPS) is 13.6. The second-order valence-corrected chi connectivity index (χ2v) is 6.23. The van der Waals surface area contributed by atoms with Crippen LogP contribution in [-0.2, 0) is 11.3 Å². The Bertz CT molecular complexity index is 786. The van der Waals surface area contributed by atoms with Crippen molar-refractivity contribution >= 4 is 35.1 Å². The number of esters is 1. The van der Waals surface area contributed by atoms with Gasteiger partial charge in [-0.3, -0.25) is 4.79 Å². The molecule has 2 aromatic rings. The number of carbonyl (C=O) groups excluding carboxylic acids is 2. The average molecular weight is 369 g/mol. The van der Waals surface area contributed by atoms with Crippen molar-refractivity contribution in [2.24, 2.45) is 0 Å². The van der Waals surface area contributed by atoms with Gasteiger partial charge in [0.15, 0.2) is 5.69 Å². The molecule has 1 amide bonds. The van der Waals surface area contributed by atoms with Gasteiger partial charge < -0.3 is 14.1 Å². The highest BCUT2D eigenvalue weighted by atomic mass is 35.5. The zero-order valence-corrected chi connectivity index (χ0v) is 14.3. The van der Waals surface area contributed by atoms with Gasteiger partial charge in [-0.1, -0.05) is 23.2 Å². The van der Waals surface area contributed by atoms with Crippen LogP contribution in [0.2, 0.25) is 10.0 Å². The Kier molecular flexibility index (Phi) is 4.78. The predicted molar refractivity (Wildman–Crippen MR) is 87.2 cm³/mol. The summed E-state index contributed by atoms with van der Waals surface area (Å²) in [5, 5.41) is 0.712. The number of amides is 1. The van der Waals surface area contributed by atoms with E-state index in [1.165, 1.54) is 19.4 Å². The van der Waals surface area contributed by atoms with Crippen molar-refractivity contribution in [1.82, 2.24) is 9.88 Å². The molecule has 0 unspecified atom stereocenters. The summed E-state index contributed by atoms with van der Waals surface area (Å²) in [6, 6.07) is 4.88. The van der Waals surface area contributed by atoms with Crippen LogP contribution in [0.4, 0.5) is 0 Å². The number of halogens is 2. The van der Waals surface area contributed by atoms with Crippen LogP contribution in [0.5, 0.6) is 0 Å². The molecule has 0 radical (unpaired) electrons. The Balaban J connectivity index is 1.79. The molecule has 0 N–H and O–H groups in total. The minimum absolute atomic E-state index is 0.0743. The maximum atomic E-state index is 12.8. The van der Waals surface area contributed by atoms with Gasteiger partial charge >= 0.3 is 5.97 Å². The third-order valence-electron chi connectivity index (χ3n) is 3.67. The smallest absolute Gasteiger partial charge is 0.360 e. The number of methoxy groups -OCH3 is 1. The van der Waals surface area contributed by atoms with Crippen LogP contribution in [0.1, 0.15) is 39.6 Å². The molecule has 0 saturated heterocycles. The average Bonchev–Trinajstić information content (AvgIpc) is 3.32. The maximum absolute atomic E-state index is 12.8. The third kappa shape index (κ3) is 3.55. The van der Waals surface area contributed by atoms with Gasteiger partial charge in [-0.2, -0.15) is 0 Å². The van der Waals surface area contributed by atoms with Crippen LogP contribution in [0, 0.1) is 0 Å². The summed E-state index contributed by atoms with van der Waals surface area (Å²) in [5.74, 6) is -0.497. The molecule has 1 fully saturated rings. The lowest BCUT2D eigenvalue weighted by molar-refractivity contribution is 0.0594. The number of benzene rings is 1. The fourth-order valence-corrected chi connectivity index (χ4v) is 2.57. The molecule has 24 heavy (non-hydrogen) atoms. The number of hydrogen-bond donors (Lipinski definition) is 0. The molecule has 126 valence electrons. The van der Waals surface area contributed by atoms with Crippen molar-refractivity contribution in [1.29, 1.82) is 0 Å². The quantitative estimate of drug-likeness (QED) is 0.754. The van der Waals surface area contributed by atoms with Gasteiger partial charge in [0.25, 0.3) is 5.91 Å². The van der Waals surface area contributed by atoms with Gasteiger partial charge in [0.1, 0.15) is 6.26 Å². The van der Waals surface area contributed by atoms with Crippen molar-refractivity contribution in [3.05, 3.63) is 51.7 Å². The third-order valence-corrected chi connectivity index (χ3v) is 4.41. The molecule has 0 atom stereocenters. The molecule has 0 bridgehead atoms. The fraction of sp³-hybridized carbons (Fsp3) is 0.312. The van der Waals surface area contributed by atoms with Crippen LogP contribution in [0.15, 0.2) is 28.9 Å². The summed E-state index contributed by atoms with van der Waals surface area (Å²) in [6.07, 6.45) is 3.05. The Labute approximate surface area is 148 Å². The number of rotatable bonds is 5. The molecule has 0 aliphatic heterocycles. The Morgan fingerprint density at radius 2 is 2.08 bits per heavy atom. The Hall–Kier alpha value is -2.05. The second-order valence-electron chi connectivity index (χ2n) is 5.41. The summed E-state index contributed by atoms with van der Waals surface area (Å²) in [5.41, 5.74) is 0.515. The van der Waals surface area contributed by atoms with Gasteiger partial charge in [-0.25, -0.2) is 9.78 Å². The minimum atomic E-state index is -0.584. The summed E-state index contributed by atoms with van der Waals surface area (Å²) in [4.78, 5) is 29.9. The zero-order valence-electron chi connectivity index (χ0n) is 12.8. The zero-order chi connectivity index (χ0) is 17.3. The van der Waals surface area contributed by atoms with E-state index in [9.17, 15) is 9.59 Å². The highest BCUT2D eigenvalue weighted by Gasteiger charge is 2.34. The standard InChI is InChI=1S/C16H14Cl2N2O4/c1-23-16(22)13-8-24-14(19-13)7-20(10-3-4-10)15(21)9-2-5-11(17)12(18)6-9/h2,5-6,8,10H,3-4,7H2,1H3. The van der Waals surface area contributed by atoms with E-state index >= 15 is 0 Å². The first-order valence-corrected chi connectivity index (χ1v) is 8.04. The largest absolute Gasteiger partial charge is 0.464 e. The van der Waals surface area contributed by atoms with E-state index in [0.717, 1.165) is 12.8 Å². The molecule has 1 aromatic carbocycles. The van der Waals surface area contributed by atoms with Crippen LogP contribution >= 0.6 is 23.2 Å². The monoisotopic (exact) mass is 368 g/mol. The molecule has 1 aromatic heterocycles. The SMILES string of the molecule is COC(=O)c1coc(CN(C(=O)c2ccc(Cl)c(Cl)c2)C2CC2)n1. The van der Waals surface area contributed by atoms with E-state index in [1.807, 2.05) is 0 Å². The Morgan fingerprint density at radius 3 is 2.71 bits per heavy atom. The summed E-state index contributed by atoms with van der Waals surface area (Å²) < 4.78 is 9.86. The molecule has 6 nitrogen and oxygen atoms in total. The minimum Gasteiger partial charge on any atom is -0.464 e. The summed E-state index contributed by atoms with van der Waals surface area (Å²) >= 11 is 11.9. The lowest BCUT2D eigenvalue weighted by atomic mass is 10.2. The molecule has 1 heterocycles. The number of hydrogen-bond acceptors (Lipinski definition) is 5. The molecule has 0 spiro atoms. The van der Waals surface area contributed by atoms with E-state index in [2.05, 4.69) is 9.72 Å². The molecule has 8 heteroatoms. The first kappa shape index (κ1) is 16.8. The number of aromatic nitrogens is 1. The van der Waals surface area contributed by atoms with E-state index in [0.29, 0.717) is 15.6 Å². The van der Waals surface area contributed by atoms with Crippen molar-refractivity contribution in [2.45, 2.75) is 25.4 Å². The topological polar surface area (TPSA) is 72.6 Å². The van der Waals surface area contributed by atoms with Crippen LogP contribution in [0.3, 0.4) is 0 Å². The van der Waals surface area contributed by atoms with Crippen molar-refractivity contribution < 1.29 is 18.7 Å². The lowest BCUT2D eigenvalue weighted by Crippen LogP contribution is -2.32. The van der Waals surface area contributed by atoms with E-state index in [4.69, 9.17) is 27.6 Å². The first-order chi connectivity index (χ1) is 11.5. The summed E-state index contributed by atoms with van der Waals surface area (Å²) in [6.45, 7) is 0.167. The predicted octanol–water partition coefficient (Wildman–Crippen LogP) is 3.57. The van der Waals surface area contributed by atoms with Crippen molar-refractivity contribution in [3.8, 4) is 0 Å². The highest BCUT2D eigenvalue weighted by Crippen LogP contribution is 2.31. The van der Waals surface area contributed by atoms with Gasteiger partial charge in [0.05, 0.1) is 23.7 Å². The van der Waals surface area contributed by atoms with E-state index in [-0.39, 0.29) is 30.1 Å². The van der Waals surface area contributed by atoms with Crippen LogP contribution < -0.4 is 0 Å². The number of ether oxygens (including phenoxy) is 1. The van der Waals surface area contributed by atoms with Crippen LogP contribution in [-0.4, -0.2) is 34.9 Å². The lowest BCUT2D eigenvalue weighted by Gasteiger charge is -2.21.